The Labute approximate surface area is 168 Å². The van der Waals surface area contributed by atoms with Gasteiger partial charge in [0.05, 0.1) is 6.54 Å². The third-order valence-corrected chi connectivity index (χ3v) is 4.58. The summed E-state index contributed by atoms with van der Waals surface area (Å²) >= 11 is 0. The number of amides is 4. The molecule has 1 heterocycles. The van der Waals surface area contributed by atoms with E-state index in [-0.39, 0.29) is 13.2 Å². The molecule has 3 rings (SSSR count). The summed E-state index contributed by atoms with van der Waals surface area (Å²) in [7, 11) is 1.49. The fourth-order valence-corrected chi connectivity index (χ4v) is 3.03. The molecule has 0 bridgehead atoms. The molecule has 1 aliphatic heterocycles. The molecule has 29 heavy (non-hydrogen) atoms. The van der Waals surface area contributed by atoms with E-state index in [1.54, 1.807) is 42.5 Å². The van der Waals surface area contributed by atoms with E-state index in [1.165, 1.54) is 11.9 Å². The van der Waals surface area contributed by atoms with E-state index in [0.717, 1.165) is 10.5 Å². The van der Waals surface area contributed by atoms with Gasteiger partial charge in [-0.05, 0) is 11.1 Å². The summed E-state index contributed by atoms with van der Waals surface area (Å²) in [5.74, 6) is -0.691. The van der Waals surface area contributed by atoms with E-state index in [0.29, 0.717) is 11.8 Å². The lowest BCUT2D eigenvalue weighted by Crippen LogP contribution is -2.50. The number of aldehydes is 1. The maximum Gasteiger partial charge on any atom is 0.331 e. The van der Waals surface area contributed by atoms with Crippen LogP contribution >= 0.6 is 0 Å². The van der Waals surface area contributed by atoms with E-state index in [4.69, 9.17) is 4.74 Å². The second-order valence-electron chi connectivity index (χ2n) is 6.62. The van der Waals surface area contributed by atoms with Crippen molar-refractivity contribution in [2.24, 2.45) is 0 Å². The highest BCUT2D eigenvalue weighted by atomic mass is 16.5. The molecular weight excluding hydrogens is 374 g/mol. The first-order chi connectivity index (χ1) is 14.0. The van der Waals surface area contributed by atoms with Crippen LogP contribution in [-0.2, 0) is 20.9 Å². The highest BCUT2D eigenvalue weighted by Gasteiger charge is 2.45. The highest BCUT2D eigenvalue weighted by Crippen LogP contribution is 2.19. The predicted octanol–water partition coefficient (Wildman–Crippen LogP) is 2.12. The second-order valence-corrected chi connectivity index (χ2v) is 6.62. The molecule has 0 radical (unpaired) electrons. The van der Waals surface area contributed by atoms with Crippen molar-refractivity contribution in [3.05, 3.63) is 71.8 Å². The number of nitrogens with one attached hydrogen (secondary N) is 1. The number of carbonyl (C=O) groups excluding carboxylic acids is 4. The van der Waals surface area contributed by atoms with Crippen LogP contribution in [0.4, 0.5) is 9.59 Å². The SMILES string of the molecule is CN1CC(C(=O)OCc2ccccc2)N(C(=O)NC(C=O)c2ccccc2)C1=O. The van der Waals surface area contributed by atoms with Gasteiger partial charge in [0.25, 0.3) is 0 Å². The van der Waals surface area contributed by atoms with Gasteiger partial charge >= 0.3 is 18.0 Å². The molecular formula is C21H21N3O5. The molecule has 4 amide bonds. The summed E-state index contributed by atoms with van der Waals surface area (Å²) in [5.41, 5.74) is 1.36. The zero-order valence-corrected chi connectivity index (χ0v) is 15.9. The van der Waals surface area contributed by atoms with Crippen molar-refractivity contribution < 1.29 is 23.9 Å². The number of benzene rings is 2. The standard InChI is InChI=1S/C21H21N3O5/c1-23-12-18(19(26)29-14-15-8-4-2-5-9-15)24(21(23)28)20(27)22-17(13-25)16-10-6-3-7-11-16/h2-11,13,17-18H,12,14H2,1H3,(H,22,27). The maximum absolute atomic E-state index is 12.7. The molecule has 8 heteroatoms. The lowest BCUT2D eigenvalue weighted by atomic mass is 10.1. The van der Waals surface area contributed by atoms with Gasteiger partial charge in [-0.2, -0.15) is 0 Å². The Bertz CT molecular complexity index is 888. The van der Waals surface area contributed by atoms with Crippen molar-refractivity contribution in [1.29, 1.82) is 0 Å². The van der Waals surface area contributed by atoms with Crippen LogP contribution in [0.2, 0.25) is 0 Å². The smallest absolute Gasteiger partial charge is 0.331 e. The van der Waals surface area contributed by atoms with Crippen LogP contribution in [0.5, 0.6) is 0 Å². The van der Waals surface area contributed by atoms with Crippen molar-refractivity contribution in [1.82, 2.24) is 15.1 Å². The molecule has 0 saturated carbocycles. The summed E-state index contributed by atoms with van der Waals surface area (Å²) in [6.45, 7) is 0.0431. The minimum Gasteiger partial charge on any atom is -0.459 e. The lowest BCUT2D eigenvalue weighted by Gasteiger charge is -2.22. The molecule has 1 aliphatic rings. The van der Waals surface area contributed by atoms with Crippen LogP contribution in [-0.4, -0.2) is 53.8 Å². The molecule has 2 aromatic carbocycles. The number of hydrogen-bond donors (Lipinski definition) is 1. The third-order valence-electron chi connectivity index (χ3n) is 4.58. The summed E-state index contributed by atoms with van der Waals surface area (Å²) in [5, 5.41) is 2.50. The fourth-order valence-electron chi connectivity index (χ4n) is 3.03. The number of imide groups is 1. The highest BCUT2D eigenvalue weighted by molar-refractivity contribution is 6.01. The summed E-state index contributed by atoms with van der Waals surface area (Å²) < 4.78 is 5.30. The number of esters is 1. The summed E-state index contributed by atoms with van der Waals surface area (Å²) in [6.07, 6.45) is 0.570. The van der Waals surface area contributed by atoms with Gasteiger partial charge in [-0.25, -0.2) is 19.3 Å². The molecule has 2 atom stereocenters. The Morgan fingerprint density at radius 2 is 1.76 bits per heavy atom. The number of rotatable bonds is 6. The third kappa shape index (κ3) is 4.60. The van der Waals surface area contributed by atoms with E-state index < -0.39 is 30.1 Å². The van der Waals surface area contributed by atoms with Gasteiger partial charge in [-0.1, -0.05) is 60.7 Å². The fraction of sp³-hybridized carbons (Fsp3) is 0.238. The Kier molecular flexibility index (Phi) is 6.23. The number of carbonyl (C=O) groups is 4. The Hall–Kier alpha value is -3.68. The number of ether oxygens (including phenoxy) is 1. The van der Waals surface area contributed by atoms with Gasteiger partial charge < -0.3 is 19.7 Å². The minimum absolute atomic E-state index is 0.0109. The monoisotopic (exact) mass is 395 g/mol. The Morgan fingerprint density at radius 3 is 2.38 bits per heavy atom. The summed E-state index contributed by atoms with van der Waals surface area (Å²) in [6, 6.07) is 14.2. The van der Waals surface area contributed by atoms with Crippen LogP contribution in [0.15, 0.2) is 60.7 Å². The first-order valence-electron chi connectivity index (χ1n) is 9.07. The molecule has 8 nitrogen and oxygen atoms in total. The zero-order chi connectivity index (χ0) is 20.8. The summed E-state index contributed by atoms with van der Waals surface area (Å²) in [4.78, 5) is 51.2. The average molecular weight is 395 g/mol. The van der Waals surface area contributed by atoms with Crippen molar-refractivity contribution in [3.63, 3.8) is 0 Å². The first-order valence-corrected chi connectivity index (χ1v) is 9.07. The maximum atomic E-state index is 12.7. The normalized spacial score (nSPS) is 17.0. The van der Waals surface area contributed by atoms with Crippen molar-refractivity contribution >= 4 is 24.3 Å². The topological polar surface area (TPSA) is 96.0 Å². The van der Waals surface area contributed by atoms with Crippen LogP contribution in [0.1, 0.15) is 17.2 Å². The van der Waals surface area contributed by atoms with E-state index >= 15 is 0 Å². The molecule has 1 saturated heterocycles. The molecule has 0 spiro atoms. The van der Waals surface area contributed by atoms with Crippen LogP contribution in [0.25, 0.3) is 0 Å². The number of likely N-dealkylation sites (N-methyl/N-ethyl adjacent to an activating group) is 1. The molecule has 1 fully saturated rings. The van der Waals surface area contributed by atoms with Gasteiger partial charge in [0.15, 0.2) is 6.04 Å². The number of hydrogen-bond acceptors (Lipinski definition) is 5. The van der Waals surface area contributed by atoms with Gasteiger partial charge in [0.1, 0.15) is 18.9 Å². The van der Waals surface area contributed by atoms with Gasteiger partial charge in [0, 0.05) is 7.05 Å². The van der Waals surface area contributed by atoms with E-state index in [1.807, 2.05) is 18.2 Å². The van der Waals surface area contributed by atoms with E-state index in [2.05, 4.69) is 5.32 Å². The molecule has 2 aromatic rings. The predicted molar refractivity (Wildman–Crippen MR) is 104 cm³/mol. The van der Waals surface area contributed by atoms with Gasteiger partial charge in [-0.15, -0.1) is 0 Å². The van der Waals surface area contributed by atoms with Crippen LogP contribution in [0, 0.1) is 0 Å². The van der Waals surface area contributed by atoms with Crippen molar-refractivity contribution in [3.8, 4) is 0 Å². The van der Waals surface area contributed by atoms with Crippen molar-refractivity contribution in [2.45, 2.75) is 18.7 Å². The first kappa shape index (κ1) is 20.1. The van der Waals surface area contributed by atoms with Crippen LogP contribution in [0.3, 0.4) is 0 Å². The molecule has 2 unspecified atom stereocenters. The average Bonchev–Trinajstić information content (AvgIpc) is 3.06. The van der Waals surface area contributed by atoms with Crippen LogP contribution < -0.4 is 5.32 Å². The largest absolute Gasteiger partial charge is 0.459 e. The molecule has 0 aromatic heterocycles. The lowest BCUT2D eigenvalue weighted by molar-refractivity contribution is -0.148. The Balaban J connectivity index is 1.70. The van der Waals surface area contributed by atoms with Gasteiger partial charge in [-0.3, -0.25) is 0 Å². The van der Waals surface area contributed by atoms with Gasteiger partial charge in [0.2, 0.25) is 0 Å². The van der Waals surface area contributed by atoms with E-state index in [9.17, 15) is 19.2 Å². The molecule has 150 valence electrons. The quantitative estimate of drug-likeness (QED) is 0.597. The number of urea groups is 2. The Morgan fingerprint density at radius 1 is 1.14 bits per heavy atom. The molecule has 1 N–H and O–H groups in total. The van der Waals surface area contributed by atoms with Crippen molar-refractivity contribution in [2.75, 3.05) is 13.6 Å². The molecule has 0 aliphatic carbocycles. The zero-order valence-electron chi connectivity index (χ0n) is 15.9. The second kappa shape index (κ2) is 9.01. The minimum atomic E-state index is -1.10. The number of nitrogens with zero attached hydrogens (tertiary/aromatic N) is 2.